The van der Waals surface area contributed by atoms with Gasteiger partial charge in [0.25, 0.3) is 0 Å². The maximum atomic E-state index is 11.1. The quantitative estimate of drug-likeness (QED) is 0.738. The molecular formula is C15H17N3O2. The van der Waals surface area contributed by atoms with E-state index in [1.54, 1.807) is 36.4 Å². The predicted octanol–water partition coefficient (Wildman–Crippen LogP) is 1.71. The molecule has 5 N–H and O–H groups in total. The summed E-state index contributed by atoms with van der Waals surface area (Å²) < 4.78 is 0. The normalized spacial score (nSPS) is 10.2. The van der Waals surface area contributed by atoms with Crippen molar-refractivity contribution in [2.45, 2.75) is 6.54 Å². The zero-order valence-electron chi connectivity index (χ0n) is 11.2. The van der Waals surface area contributed by atoms with Crippen LogP contribution in [0.3, 0.4) is 0 Å². The molecule has 20 heavy (non-hydrogen) atoms. The molecule has 0 radical (unpaired) electrons. The number of nitrogens with zero attached hydrogens (tertiary/aromatic N) is 1. The van der Waals surface area contributed by atoms with E-state index in [9.17, 15) is 9.90 Å². The zero-order chi connectivity index (χ0) is 14.7. The van der Waals surface area contributed by atoms with Gasteiger partial charge in [0.15, 0.2) is 0 Å². The second-order valence-electron chi connectivity index (χ2n) is 4.65. The Morgan fingerprint density at radius 1 is 1.25 bits per heavy atom. The number of nitrogen functional groups attached to an aromatic ring is 1. The maximum absolute atomic E-state index is 11.1. The van der Waals surface area contributed by atoms with Crippen LogP contribution in [-0.2, 0) is 6.54 Å². The average molecular weight is 271 g/mol. The standard InChI is InChI=1S/C15H17N3O2/c1-18(12-3-2-4-13(19)8-12)9-11-6-5-10(15(17)20)7-14(11)16/h2-8,19H,9,16H2,1H3,(H2,17,20). The highest BCUT2D eigenvalue weighted by Crippen LogP contribution is 2.22. The molecule has 0 atom stereocenters. The van der Waals surface area contributed by atoms with Gasteiger partial charge >= 0.3 is 0 Å². The summed E-state index contributed by atoms with van der Waals surface area (Å²) in [6.07, 6.45) is 0. The Bertz CT molecular complexity index is 641. The molecule has 0 heterocycles. The van der Waals surface area contributed by atoms with E-state index in [-0.39, 0.29) is 5.75 Å². The van der Waals surface area contributed by atoms with E-state index in [0.29, 0.717) is 17.8 Å². The van der Waals surface area contributed by atoms with Gasteiger partial charge in [0.05, 0.1) is 0 Å². The Kier molecular flexibility index (Phi) is 3.79. The van der Waals surface area contributed by atoms with Crippen molar-refractivity contribution in [3.05, 3.63) is 53.6 Å². The van der Waals surface area contributed by atoms with Crippen LogP contribution in [0.5, 0.6) is 5.75 Å². The first-order chi connectivity index (χ1) is 9.47. The highest BCUT2D eigenvalue weighted by atomic mass is 16.3. The fourth-order valence-electron chi connectivity index (χ4n) is 1.97. The van der Waals surface area contributed by atoms with Crippen LogP contribution in [0.15, 0.2) is 42.5 Å². The molecule has 0 saturated carbocycles. The number of primary amides is 1. The molecule has 0 aromatic heterocycles. The largest absolute Gasteiger partial charge is 0.508 e. The lowest BCUT2D eigenvalue weighted by Crippen LogP contribution is -2.18. The molecule has 0 unspecified atom stereocenters. The number of amides is 1. The third kappa shape index (κ3) is 3.00. The van der Waals surface area contributed by atoms with E-state index in [1.165, 1.54) is 0 Å². The minimum absolute atomic E-state index is 0.214. The van der Waals surface area contributed by atoms with Gasteiger partial charge in [-0.05, 0) is 29.8 Å². The van der Waals surface area contributed by atoms with E-state index in [4.69, 9.17) is 11.5 Å². The average Bonchev–Trinajstić information content (AvgIpc) is 2.40. The number of hydrogen-bond donors (Lipinski definition) is 3. The molecule has 2 rings (SSSR count). The Morgan fingerprint density at radius 2 is 2.00 bits per heavy atom. The predicted molar refractivity (Wildman–Crippen MR) is 79.6 cm³/mol. The molecule has 2 aromatic rings. The number of benzene rings is 2. The van der Waals surface area contributed by atoms with Crippen LogP contribution < -0.4 is 16.4 Å². The minimum Gasteiger partial charge on any atom is -0.508 e. The van der Waals surface area contributed by atoms with Gasteiger partial charge in [0.2, 0.25) is 5.91 Å². The highest BCUT2D eigenvalue weighted by Gasteiger charge is 2.08. The fourth-order valence-corrected chi connectivity index (χ4v) is 1.97. The number of nitrogens with two attached hydrogens (primary N) is 2. The van der Waals surface area contributed by atoms with Gasteiger partial charge in [-0.25, -0.2) is 0 Å². The number of hydrogen-bond acceptors (Lipinski definition) is 4. The number of carbonyl (C=O) groups excluding carboxylic acids is 1. The second kappa shape index (κ2) is 5.52. The third-order valence-corrected chi connectivity index (χ3v) is 3.11. The molecule has 0 spiro atoms. The summed E-state index contributed by atoms with van der Waals surface area (Å²) >= 11 is 0. The molecule has 0 aliphatic carbocycles. The van der Waals surface area contributed by atoms with Crippen LogP contribution in [0, 0.1) is 0 Å². The van der Waals surface area contributed by atoms with E-state index in [0.717, 1.165) is 11.3 Å². The van der Waals surface area contributed by atoms with E-state index in [1.807, 2.05) is 18.0 Å². The van der Waals surface area contributed by atoms with Crippen molar-refractivity contribution in [2.75, 3.05) is 17.7 Å². The lowest BCUT2D eigenvalue weighted by atomic mass is 10.1. The Labute approximate surface area is 117 Å². The van der Waals surface area contributed by atoms with Crippen LogP contribution in [0.25, 0.3) is 0 Å². The Hall–Kier alpha value is -2.69. The molecule has 0 bridgehead atoms. The molecule has 0 saturated heterocycles. The molecule has 1 amide bonds. The van der Waals surface area contributed by atoms with Crippen LogP contribution >= 0.6 is 0 Å². The topological polar surface area (TPSA) is 92.6 Å². The SMILES string of the molecule is CN(Cc1ccc(C(N)=O)cc1N)c1cccc(O)c1. The zero-order valence-corrected chi connectivity index (χ0v) is 11.2. The van der Waals surface area contributed by atoms with Gasteiger partial charge in [-0.1, -0.05) is 12.1 Å². The number of phenolic OH excluding ortho intramolecular Hbond substituents is 1. The fraction of sp³-hybridized carbons (Fsp3) is 0.133. The van der Waals surface area contributed by atoms with Crippen molar-refractivity contribution in [2.24, 2.45) is 5.73 Å². The first-order valence-electron chi connectivity index (χ1n) is 6.16. The second-order valence-corrected chi connectivity index (χ2v) is 4.65. The first kappa shape index (κ1) is 13.7. The van der Waals surface area contributed by atoms with Crippen LogP contribution in [0.4, 0.5) is 11.4 Å². The third-order valence-electron chi connectivity index (χ3n) is 3.11. The summed E-state index contributed by atoms with van der Waals surface area (Å²) in [5, 5.41) is 9.48. The molecule has 5 nitrogen and oxygen atoms in total. The molecule has 2 aromatic carbocycles. The van der Waals surface area contributed by atoms with Gasteiger partial charge in [-0.3, -0.25) is 4.79 Å². The summed E-state index contributed by atoms with van der Waals surface area (Å²) in [6.45, 7) is 0.564. The smallest absolute Gasteiger partial charge is 0.248 e. The molecule has 0 aliphatic rings. The highest BCUT2D eigenvalue weighted by molar-refractivity contribution is 5.93. The van der Waals surface area contributed by atoms with Crippen LogP contribution in [0.1, 0.15) is 15.9 Å². The summed E-state index contributed by atoms with van der Waals surface area (Å²) in [4.78, 5) is 13.0. The summed E-state index contributed by atoms with van der Waals surface area (Å²) in [6, 6.07) is 12.0. The molecule has 0 aliphatic heterocycles. The number of rotatable bonds is 4. The minimum atomic E-state index is -0.496. The van der Waals surface area contributed by atoms with E-state index < -0.39 is 5.91 Å². The maximum Gasteiger partial charge on any atom is 0.248 e. The lowest BCUT2D eigenvalue weighted by Gasteiger charge is -2.20. The van der Waals surface area contributed by atoms with Crippen molar-refractivity contribution in [3.63, 3.8) is 0 Å². The van der Waals surface area contributed by atoms with Gasteiger partial charge in [-0.15, -0.1) is 0 Å². The molecule has 104 valence electrons. The number of aromatic hydroxyl groups is 1. The van der Waals surface area contributed by atoms with E-state index >= 15 is 0 Å². The summed E-state index contributed by atoms with van der Waals surface area (Å²) in [5.41, 5.74) is 13.8. The van der Waals surface area contributed by atoms with Crippen molar-refractivity contribution in [1.29, 1.82) is 0 Å². The number of carbonyl (C=O) groups is 1. The van der Waals surface area contributed by atoms with Gasteiger partial charge in [-0.2, -0.15) is 0 Å². The first-order valence-corrected chi connectivity index (χ1v) is 6.16. The number of phenols is 1. The van der Waals surface area contributed by atoms with Crippen molar-refractivity contribution < 1.29 is 9.90 Å². The van der Waals surface area contributed by atoms with Crippen molar-refractivity contribution >= 4 is 17.3 Å². The Morgan fingerprint density at radius 3 is 2.60 bits per heavy atom. The molecular weight excluding hydrogens is 254 g/mol. The monoisotopic (exact) mass is 271 g/mol. The lowest BCUT2D eigenvalue weighted by molar-refractivity contribution is 0.100. The molecule has 0 fully saturated rings. The summed E-state index contributed by atoms with van der Waals surface area (Å²) in [7, 11) is 1.90. The van der Waals surface area contributed by atoms with Crippen molar-refractivity contribution in [3.8, 4) is 5.75 Å². The van der Waals surface area contributed by atoms with Gasteiger partial charge < -0.3 is 21.5 Å². The number of anilines is 2. The van der Waals surface area contributed by atoms with Crippen LogP contribution in [-0.4, -0.2) is 18.1 Å². The van der Waals surface area contributed by atoms with Crippen molar-refractivity contribution in [1.82, 2.24) is 0 Å². The van der Waals surface area contributed by atoms with Gasteiger partial charge in [0.1, 0.15) is 5.75 Å². The van der Waals surface area contributed by atoms with E-state index in [2.05, 4.69) is 0 Å². The summed E-state index contributed by atoms with van der Waals surface area (Å²) in [5.74, 6) is -0.281. The Balaban J connectivity index is 2.19. The van der Waals surface area contributed by atoms with Crippen LogP contribution in [0.2, 0.25) is 0 Å². The van der Waals surface area contributed by atoms with Gasteiger partial charge in [0, 0.05) is 36.6 Å². The molecule has 5 heteroatoms.